The van der Waals surface area contributed by atoms with Gasteiger partial charge in [-0.2, -0.15) is 0 Å². The summed E-state index contributed by atoms with van der Waals surface area (Å²) in [6, 6.07) is 53.0. The molecule has 0 saturated carbocycles. The quantitative estimate of drug-likeness (QED) is 0.169. The molecule has 0 aliphatic rings. The molecular weight excluding hydrogens is 496 g/mol. The first-order valence-corrected chi connectivity index (χ1v) is 12.7. The summed E-state index contributed by atoms with van der Waals surface area (Å²) < 4.78 is 0. The van der Waals surface area contributed by atoms with Crippen LogP contribution in [0.2, 0.25) is 0 Å². The Morgan fingerprint density at radius 1 is 0.200 bits per heavy atom. The smallest absolute Gasteiger partial charge is 0.115 e. The van der Waals surface area contributed by atoms with Crippen LogP contribution in [0.25, 0.3) is 22.3 Å². The highest BCUT2D eigenvalue weighted by molar-refractivity contribution is 5.63. The zero-order valence-corrected chi connectivity index (χ0v) is 22.0. The van der Waals surface area contributed by atoms with Gasteiger partial charge in [-0.05, 0) is 70.8 Å². The Kier molecular flexibility index (Phi) is 11.9. The standard InChI is InChI=1S/2C12H10.2C6H6O2/c2*1-3-7-11(8-4-1)12-9-5-2-6-10-12;2*7-5-1-2-6(8)4-3-5/h2*1-10H;2*1-4,7-8H. The minimum atomic E-state index is 0.169. The molecule has 6 aromatic rings. The van der Waals surface area contributed by atoms with Crippen LogP contribution in [0, 0.1) is 0 Å². The van der Waals surface area contributed by atoms with Crippen LogP contribution in [-0.2, 0) is 0 Å². The molecule has 0 saturated heterocycles. The van der Waals surface area contributed by atoms with Crippen LogP contribution in [0.3, 0.4) is 0 Å². The molecule has 40 heavy (non-hydrogen) atoms. The lowest BCUT2D eigenvalue weighted by atomic mass is 10.1. The minimum Gasteiger partial charge on any atom is -0.508 e. The van der Waals surface area contributed by atoms with Crippen molar-refractivity contribution in [2.45, 2.75) is 0 Å². The predicted octanol–water partition coefficient (Wildman–Crippen LogP) is 8.90. The SMILES string of the molecule is Oc1ccc(O)cc1.Oc1ccc(O)cc1.c1ccc(-c2ccccc2)cc1.c1ccc(-c2ccccc2)cc1. The number of hydrogen-bond donors (Lipinski definition) is 4. The Bertz CT molecular complexity index is 1230. The topological polar surface area (TPSA) is 80.9 Å². The molecule has 200 valence electrons. The summed E-state index contributed by atoms with van der Waals surface area (Å²) in [5.41, 5.74) is 5.10. The first-order valence-electron chi connectivity index (χ1n) is 12.7. The second-order valence-corrected chi connectivity index (χ2v) is 8.50. The van der Waals surface area contributed by atoms with Gasteiger partial charge in [0, 0.05) is 0 Å². The zero-order chi connectivity index (χ0) is 28.4. The Hall–Kier alpha value is -5.48. The molecule has 0 unspecified atom stereocenters. The summed E-state index contributed by atoms with van der Waals surface area (Å²) in [5.74, 6) is 0.677. The zero-order valence-electron chi connectivity index (χ0n) is 22.0. The fourth-order valence-electron chi connectivity index (χ4n) is 3.43. The maximum absolute atomic E-state index is 8.65. The first kappa shape index (κ1) is 29.1. The predicted molar refractivity (Wildman–Crippen MR) is 163 cm³/mol. The van der Waals surface area contributed by atoms with Crippen molar-refractivity contribution in [1.82, 2.24) is 0 Å². The lowest BCUT2D eigenvalue weighted by Crippen LogP contribution is -1.73. The fraction of sp³-hybridized carbons (Fsp3) is 0. The van der Waals surface area contributed by atoms with Gasteiger partial charge in [0.15, 0.2) is 0 Å². The van der Waals surface area contributed by atoms with E-state index in [1.807, 2.05) is 24.3 Å². The summed E-state index contributed by atoms with van der Waals surface area (Å²) >= 11 is 0. The average Bonchev–Trinajstić information content (AvgIpc) is 3.03. The van der Waals surface area contributed by atoms with Gasteiger partial charge in [-0.1, -0.05) is 121 Å². The van der Waals surface area contributed by atoms with E-state index >= 15 is 0 Å². The number of hydrogen-bond acceptors (Lipinski definition) is 4. The fourth-order valence-corrected chi connectivity index (χ4v) is 3.43. The first-order chi connectivity index (χ1) is 19.5. The van der Waals surface area contributed by atoms with Gasteiger partial charge in [0.25, 0.3) is 0 Å². The van der Waals surface area contributed by atoms with Crippen LogP contribution < -0.4 is 0 Å². The van der Waals surface area contributed by atoms with Crippen molar-refractivity contribution in [3.63, 3.8) is 0 Å². The third kappa shape index (κ3) is 10.9. The van der Waals surface area contributed by atoms with E-state index in [0.717, 1.165) is 0 Å². The van der Waals surface area contributed by atoms with E-state index in [4.69, 9.17) is 20.4 Å². The number of benzene rings is 6. The molecule has 0 atom stereocenters. The summed E-state index contributed by atoms with van der Waals surface area (Å²) in [4.78, 5) is 0. The lowest BCUT2D eigenvalue weighted by molar-refractivity contribution is 0.460. The molecule has 6 aromatic carbocycles. The third-order valence-corrected chi connectivity index (χ3v) is 5.46. The summed E-state index contributed by atoms with van der Waals surface area (Å²) in [6.45, 7) is 0. The third-order valence-electron chi connectivity index (χ3n) is 5.46. The molecule has 0 aliphatic carbocycles. The van der Waals surface area contributed by atoms with Gasteiger partial charge in [-0.15, -0.1) is 0 Å². The normalized spacial score (nSPS) is 9.40. The molecule has 4 nitrogen and oxygen atoms in total. The molecule has 0 radical (unpaired) electrons. The van der Waals surface area contributed by atoms with Gasteiger partial charge in [0.05, 0.1) is 0 Å². The van der Waals surface area contributed by atoms with Crippen LogP contribution in [0.4, 0.5) is 0 Å². The Morgan fingerprint density at radius 3 is 0.500 bits per heavy atom. The molecule has 0 aromatic heterocycles. The van der Waals surface area contributed by atoms with Crippen molar-refractivity contribution in [3.05, 3.63) is 170 Å². The minimum absolute atomic E-state index is 0.169. The van der Waals surface area contributed by atoms with Crippen molar-refractivity contribution in [2.75, 3.05) is 0 Å². The Morgan fingerprint density at radius 2 is 0.350 bits per heavy atom. The van der Waals surface area contributed by atoms with Gasteiger partial charge in [-0.3, -0.25) is 0 Å². The van der Waals surface area contributed by atoms with Gasteiger partial charge >= 0.3 is 0 Å². The highest BCUT2D eigenvalue weighted by Crippen LogP contribution is 2.18. The van der Waals surface area contributed by atoms with E-state index in [0.29, 0.717) is 0 Å². The molecule has 0 bridgehead atoms. The molecule has 4 N–H and O–H groups in total. The molecule has 0 spiro atoms. The van der Waals surface area contributed by atoms with Crippen molar-refractivity contribution >= 4 is 0 Å². The van der Waals surface area contributed by atoms with E-state index < -0.39 is 0 Å². The highest BCUT2D eigenvalue weighted by atomic mass is 16.3. The number of rotatable bonds is 2. The second kappa shape index (κ2) is 16.4. The van der Waals surface area contributed by atoms with Gasteiger partial charge < -0.3 is 20.4 Å². The van der Waals surface area contributed by atoms with E-state index in [9.17, 15) is 0 Å². The largest absolute Gasteiger partial charge is 0.508 e. The summed E-state index contributed by atoms with van der Waals surface area (Å²) in [5, 5.41) is 34.6. The molecule has 0 fully saturated rings. The van der Waals surface area contributed by atoms with Crippen molar-refractivity contribution in [3.8, 4) is 45.3 Å². The van der Waals surface area contributed by atoms with Crippen molar-refractivity contribution in [1.29, 1.82) is 0 Å². The monoisotopic (exact) mass is 528 g/mol. The van der Waals surface area contributed by atoms with Crippen LogP contribution >= 0.6 is 0 Å². The molecule has 4 heteroatoms. The maximum Gasteiger partial charge on any atom is 0.115 e. The number of aromatic hydroxyl groups is 4. The van der Waals surface area contributed by atoms with E-state index in [2.05, 4.69) is 97.1 Å². The van der Waals surface area contributed by atoms with Crippen LogP contribution in [-0.4, -0.2) is 20.4 Å². The summed E-state index contributed by atoms with van der Waals surface area (Å²) in [6.07, 6.45) is 0. The van der Waals surface area contributed by atoms with Crippen LogP contribution in [0.5, 0.6) is 23.0 Å². The average molecular weight is 529 g/mol. The van der Waals surface area contributed by atoms with Gasteiger partial charge in [0.1, 0.15) is 23.0 Å². The maximum atomic E-state index is 8.65. The van der Waals surface area contributed by atoms with Crippen molar-refractivity contribution in [2.24, 2.45) is 0 Å². The Balaban J connectivity index is 0.000000150. The summed E-state index contributed by atoms with van der Waals surface area (Å²) in [7, 11) is 0. The van der Waals surface area contributed by atoms with Crippen LogP contribution in [0.1, 0.15) is 0 Å². The van der Waals surface area contributed by atoms with E-state index in [1.54, 1.807) is 0 Å². The molecule has 6 rings (SSSR count). The van der Waals surface area contributed by atoms with Gasteiger partial charge in [-0.25, -0.2) is 0 Å². The second-order valence-electron chi connectivity index (χ2n) is 8.50. The highest BCUT2D eigenvalue weighted by Gasteiger charge is 1.93. The van der Waals surface area contributed by atoms with E-state index in [1.165, 1.54) is 70.8 Å². The van der Waals surface area contributed by atoms with Gasteiger partial charge in [0.2, 0.25) is 0 Å². The van der Waals surface area contributed by atoms with Crippen LogP contribution in [0.15, 0.2) is 170 Å². The molecule has 0 heterocycles. The molecule has 0 aliphatic heterocycles. The van der Waals surface area contributed by atoms with E-state index in [-0.39, 0.29) is 23.0 Å². The Labute approximate surface area is 235 Å². The molecular formula is C36H32O4. The van der Waals surface area contributed by atoms with Crippen molar-refractivity contribution < 1.29 is 20.4 Å². The molecule has 0 amide bonds. The lowest BCUT2D eigenvalue weighted by Gasteiger charge is -1.98. The number of phenols is 4. The number of phenolic OH excluding ortho intramolecular Hbond substituents is 4.